The second-order valence-corrected chi connectivity index (χ2v) is 5.63. The second kappa shape index (κ2) is 5.77. The van der Waals surface area contributed by atoms with Gasteiger partial charge in [0, 0.05) is 19.0 Å². The maximum atomic E-state index is 12.1. The van der Waals surface area contributed by atoms with Gasteiger partial charge in [-0.05, 0) is 18.8 Å². The summed E-state index contributed by atoms with van der Waals surface area (Å²) in [6.07, 6.45) is 3.64. The SMILES string of the molecule is CCC(CC1CC1)NC(=O)N1C[C@H](O)C[C@@H]1C(=O)O. The lowest BCUT2D eigenvalue weighted by molar-refractivity contribution is -0.141. The molecular formula is C13H22N2O4. The quantitative estimate of drug-likeness (QED) is 0.689. The van der Waals surface area contributed by atoms with Gasteiger partial charge in [0.2, 0.25) is 0 Å². The Morgan fingerprint density at radius 1 is 1.42 bits per heavy atom. The van der Waals surface area contributed by atoms with Crippen molar-refractivity contribution in [2.24, 2.45) is 5.92 Å². The summed E-state index contributed by atoms with van der Waals surface area (Å²) in [6, 6.07) is -1.17. The van der Waals surface area contributed by atoms with Crippen molar-refractivity contribution in [2.75, 3.05) is 6.54 Å². The molecule has 0 aromatic rings. The van der Waals surface area contributed by atoms with Gasteiger partial charge in [-0.3, -0.25) is 0 Å². The maximum Gasteiger partial charge on any atom is 0.326 e. The van der Waals surface area contributed by atoms with Crippen LogP contribution in [0.5, 0.6) is 0 Å². The van der Waals surface area contributed by atoms with Gasteiger partial charge in [0.1, 0.15) is 6.04 Å². The van der Waals surface area contributed by atoms with E-state index in [1.54, 1.807) is 0 Å². The lowest BCUT2D eigenvalue weighted by atomic mass is 10.1. The van der Waals surface area contributed by atoms with Crippen LogP contribution < -0.4 is 5.32 Å². The van der Waals surface area contributed by atoms with Crippen molar-refractivity contribution in [2.45, 2.75) is 57.2 Å². The van der Waals surface area contributed by atoms with Crippen LogP contribution >= 0.6 is 0 Å². The molecule has 2 amide bonds. The van der Waals surface area contributed by atoms with Crippen LogP contribution in [0, 0.1) is 5.92 Å². The number of nitrogens with zero attached hydrogens (tertiary/aromatic N) is 1. The normalized spacial score (nSPS) is 28.2. The van der Waals surface area contributed by atoms with Gasteiger partial charge in [0.15, 0.2) is 0 Å². The van der Waals surface area contributed by atoms with Crippen LogP contribution in [0.15, 0.2) is 0 Å². The summed E-state index contributed by atoms with van der Waals surface area (Å²) in [5.41, 5.74) is 0. The Kier molecular flexibility index (Phi) is 4.29. The van der Waals surface area contributed by atoms with Crippen molar-refractivity contribution < 1.29 is 19.8 Å². The van der Waals surface area contributed by atoms with Crippen LogP contribution in [0.1, 0.15) is 39.0 Å². The second-order valence-electron chi connectivity index (χ2n) is 5.63. The van der Waals surface area contributed by atoms with Crippen LogP contribution in [0.4, 0.5) is 4.79 Å². The topological polar surface area (TPSA) is 89.9 Å². The fraction of sp³-hybridized carbons (Fsp3) is 0.846. The molecule has 1 aliphatic heterocycles. The summed E-state index contributed by atoms with van der Waals surface area (Å²) in [5.74, 6) is -0.341. The number of hydrogen-bond acceptors (Lipinski definition) is 3. The molecular weight excluding hydrogens is 248 g/mol. The largest absolute Gasteiger partial charge is 0.480 e. The number of carboxylic acids is 1. The molecule has 6 heteroatoms. The van der Waals surface area contributed by atoms with Gasteiger partial charge >= 0.3 is 12.0 Å². The first-order valence-corrected chi connectivity index (χ1v) is 6.99. The molecule has 1 saturated carbocycles. The molecule has 2 fully saturated rings. The van der Waals surface area contributed by atoms with E-state index in [1.165, 1.54) is 17.7 Å². The van der Waals surface area contributed by atoms with Crippen molar-refractivity contribution in [1.82, 2.24) is 10.2 Å². The van der Waals surface area contributed by atoms with E-state index in [2.05, 4.69) is 5.32 Å². The Morgan fingerprint density at radius 3 is 2.63 bits per heavy atom. The Morgan fingerprint density at radius 2 is 2.11 bits per heavy atom. The molecule has 1 saturated heterocycles. The Hall–Kier alpha value is -1.30. The third-order valence-electron chi connectivity index (χ3n) is 3.96. The van der Waals surface area contributed by atoms with Crippen molar-refractivity contribution in [3.8, 4) is 0 Å². The minimum atomic E-state index is -1.05. The van der Waals surface area contributed by atoms with Gasteiger partial charge in [0.25, 0.3) is 0 Å². The highest BCUT2D eigenvalue weighted by Gasteiger charge is 2.39. The summed E-state index contributed by atoms with van der Waals surface area (Å²) in [5, 5.41) is 21.5. The summed E-state index contributed by atoms with van der Waals surface area (Å²) in [6.45, 7) is 2.11. The Bertz CT molecular complexity index is 357. The third kappa shape index (κ3) is 3.59. The lowest BCUT2D eigenvalue weighted by Gasteiger charge is -2.25. The number of aliphatic hydroxyl groups excluding tert-OH is 1. The molecule has 0 radical (unpaired) electrons. The monoisotopic (exact) mass is 270 g/mol. The molecule has 1 unspecified atom stereocenters. The number of carbonyl (C=O) groups is 2. The van der Waals surface area contributed by atoms with E-state index in [0.29, 0.717) is 5.92 Å². The van der Waals surface area contributed by atoms with Gasteiger partial charge in [-0.2, -0.15) is 0 Å². The number of rotatable bonds is 5. The first-order valence-electron chi connectivity index (χ1n) is 6.99. The maximum absolute atomic E-state index is 12.1. The van der Waals surface area contributed by atoms with Crippen molar-refractivity contribution in [3.05, 3.63) is 0 Å². The molecule has 108 valence electrons. The highest BCUT2D eigenvalue weighted by molar-refractivity contribution is 5.83. The highest BCUT2D eigenvalue weighted by atomic mass is 16.4. The van der Waals surface area contributed by atoms with Crippen LogP contribution in [-0.4, -0.2) is 51.8 Å². The molecule has 19 heavy (non-hydrogen) atoms. The van der Waals surface area contributed by atoms with Gasteiger partial charge in [-0.25, -0.2) is 9.59 Å². The predicted octanol–water partition coefficient (Wildman–Crippen LogP) is 0.794. The third-order valence-corrected chi connectivity index (χ3v) is 3.96. The zero-order valence-corrected chi connectivity index (χ0v) is 11.2. The van der Waals surface area contributed by atoms with Crippen LogP contribution in [-0.2, 0) is 4.79 Å². The number of aliphatic carboxylic acids is 1. The molecule has 2 rings (SSSR count). The van der Waals surface area contributed by atoms with Gasteiger partial charge in [0.05, 0.1) is 6.10 Å². The van der Waals surface area contributed by atoms with Gasteiger partial charge in [-0.1, -0.05) is 19.8 Å². The number of urea groups is 1. The molecule has 0 aromatic heterocycles. The summed E-state index contributed by atoms with van der Waals surface area (Å²) in [4.78, 5) is 24.4. The molecule has 3 atom stereocenters. The number of nitrogens with one attached hydrogen (secondary N) is 1. The standard InChI is InChI=1S/C13H22N2O4/c1-2-9(5-8-3-4-8)14-13(19)15-7-10(16)6-11(15)12(17)18/h8-11,16H,2-7H2,1H3,(H,14,19)(H,17,18)/t9?,10-,11-/m1/s1. The molecule has 2 aliphatic rings. The minimum Gasteiger partial charge on any atom is -0.480 e. The molecule has 3 N–H and O–H groups in total. The van der Waals surface area contributed by atoms with E-state index < -0.39 is 18.1 Å². The van der Waals surface area contributed by atoms with E-state index in [1.807, 2.05) is 6.92 Å². The Balaban J connectivity index is 1.91. The van der Waals surface area contributed by atoms with Crippen LogP contribution in [0.2, 0.25) is 0 Å². The number of carbonyl (C=O) groups excluding carboxylic acids is 1. The van der Waals surface area contributed by atoms with Crippen molar-refractivity contribution in [1.29, 1.82) is 0 Å². The smallest absolute Gasteiger partial charge is 0.326 e. The Labute approximate surface area is 112 Å². The summed E-state index contributed by atoms with van der Waals surface area (Å²) >= 11 is 0. The van der Waals surface area contributed by atoms with Crippen molar-refractivity contribution in [3.63, 3.8) is 0 Å². The summed E-state index contributed by atoms with van der Waals surface area (Å²) < 4.78 is 0. The molecule has 0 aromatic carbocycles. The highest BCUT2D eigenvalue weighted by Crippen LogP contribution is 2.34. The predicted molar refractivity (Wildman–Crippen MR) is 68.7 cm³/mol. The number of hydrogen-bond donors (Lipinski definition) is 3. The number of carboxylic acid groups (broad SMARTS) is 1. The molecule has 0 bridgehead atoms. The van der Waals surface area contributed by atoms with E-state index in [4.69, 9.17) is 5.11 Å². The lowest BCUT2D eigenvalue weighted by Crippen LogP contribution is -2.49. The first kappa shape index (κ1) is 14.1. The van der Waals surface area contributed by atoms with Gasteiger partial charge < -0.3 is 20.4 Å². The zero-order chi connectivity index (χ0) is 14.0. The summed E-state index contributed by atoms with van der Waals surface area (Å²) in [7, 11) is 0. The van der Waals surface area contributed by atoms with E-state index in [-0.39, 0.29) is 25.0 Å². The van der Waals surface area contributed by atoms with E-state index in [0.717, 1.165) is 12.8 Å². The fourth-order valence-electron chi connectivity index (χ4n) is 2.61. The molecule has 1 heterocycles. The minimum absolute atomic E-state index is 0.0999. The van der Waals surface area contributed by atoms with E-state index >= 15 is 0 Å². The van der Waals surface area contributed by atoms with Gasteiger partial charge in [-0.15, -0.1) is 0 Å². The fourth-order valence-corrected chi connectivity index (χ4v) is 2.61. The number of β-amino-alcohol motifs (C(OH)–C–C–N with tert-alkyl or cyclic N) is 1. The molecule has 0 spiro atoms. The number of amides is 2. The molecule has 6 nitrogen and oxygen atoms in total. The number of likely N-dealkylation sites (tertiary alicyclic amines) is 1. The number of aliphatic hydroxyl groups is 1. The van der Waals surface area contributed by atoms with E-state index in [9.17, 15) is 14.7 Å². The van der Waals surface area contributed by atoms with Crippen LogP contribution in [0.25, 0.3) is 0 Å². The zero-order valence-electron chi connectivity index (χ0n) is 11.2. The van der Waals surface area contributed by atoms with Crippen LogP contribution in [0.3, 0.4) is 0 Å². The molecule has 1 aliphatic carbocycles. The average Bonchev–Trinajstić information content (AvgIpc) is 3.08. The first-order chi connectivity index (χ1) is 9.01. The average molecular weight is 270 g/mol. The van der Waals surface area contributed by atoms with Crippen molar-refractivity contribution >= 4 is 12.0 Å².